The van der Waals surface area contributed by atoms with Gasteiger partial charge in [0, 0.05) is 6.42 Å². The summed E-state index contributed by atoms with van der Waals surface area (Å²) in [4.78, 5) is 52.0. The van der Waals surface area contributed by atoms with Crippen molar-refractivity contribution in [2.24, 2.45) is 11.8 Å². The Morgan fingerprint density at radius 2 is 1.69 bits per heavy atom. The number of fused-ring (bicyclic) bond motifs is 2. The van der Waals surface area contributed by atoms with Crippen LogP contribution < -0.4 is 4.90 Å². The number of hydrogen-bond donors (Lipinski definition) is 0. The van der Waals surface area contributed by atoms with Crippen molar-refractivity contribution in [1.82, 2.24) is 9.78 Å². The van der Waals surface area contributed by atoms with Gasteiger partial charge in [-0.3, -0.25) is 14.3 Å². The highest BCUT2D eigenvalue weighted by Gasteiger charge is 2.55. The van der Waals surface area contributed by atoms with E-state index in [-0.39, 0.29) is 29.5 Å². The van der Waals surface area contributed by atoms with E-state index in [1.807, 2.05) is 0 Å². The van der Waals surface area contributed by atoms with Crippen molar-refractivity contribution in [1.29, 1.82) is 0 Å². The molecule has 0 N–H and O–H groups in total. The Labute approximate surface area is 166 Å². The summed E-state index contributed by atoms with van der Waals surface area (Å²) in [6.45, 7) is 1.75. The second-order valence-corrected chi connectivity index (χ2v) is 7.02. The molecule has 1 aromatic carbocycles. The monoisotopic (exact) mass is 397 g/mol. The number of aromatic nitrogens is 2. The van der Waals surface area contributed by atoms with Crippen LogP contribution in [0.5, 0.6) is 0 Å². The zero-order valence-electron chi connectivity index (χ0n) is 16.1. The summed E-state index contributed by atoms with van der Waals surface area (Å²) < 4.78 is 11.0. The number of para-hydroxylation sites is 1. The number of carbonyl (C=O) groups excluding carboxylic acids is 4. The number of methoxy groups -OCH3 is 2. The summed E-state index contributed by atoms with van der Waals surface area (Å²) >= 11 is 0. The van der Waals surface area contributed by atoms with Gasteiger partial charge >= 0.3 is 11.9 Å². The van der Waals surface area contributed by atoms with Crippen LogP contribution in [0.15, 0.2) is 30.3 Å². The van der Waals surface area contributed by atoms with E-state index in [2.05, 4.69) is 5.10 Å². The Morgan fingerprint density at radius 3 is 2.31 bits per heavy atom. The van der Waals surface area contributed by atoms with Crippen LogP contribution in [0.3, 0.4) is 0 Å². The number of esters is 2. The van der Waals surface area contributed by atoms with Gasteiger partial charge in [0.05, 0.1) is 43.5 Å². The molecule has 2 amide bonds. The fourth-order valence-corrected chi connectivity index (χ4v) is 4.26. The number of rotatable bonds is 3. The molecular formula is C20H19N3O6. The van der Waals surface area contributed by atoms with E-state index < -0.39 is 29.8 Å². The predicted octanol–water partition coefficient (Wildman–Crippen LogP) is 1.38. The zero-order valence-corrected chi connectivity index (χ0v) is 16.1. The van der Waals surface area contributed by atoms with Crippen LogP contribution in [0.1, 0.15) is 39.5 Å². The number of ether oxygens (including phenoxy) is 2. The highest BCUT2D eigenvalue weighted by atomic mass is 16.5. The third kappa shape index (κ3) is 2.65. The van der Waals surface area contributed by atoms with Gasteiger partial charge in [-0.15, -0.1) is 0 Å². The molecule has 9 nitrogen and oxygen atoms in total. The van der Waals surface area contributed by atoms with Crippen molar-refractivity contribution >= 4 is 29.4 Å². The molecule has 9 heteroatoms. The Kier molecular flexibility index (Phi) is 4.45. The number of carbonyl (C=O) groups is 4. The molecule has 0 spiro atoms. The molecule has 0 aliphatic carbocycles. The SMILES string of the molecule is COC(=O)c1nn2c(c1C(=O)OC)CC1C(=O)N(c3ccccc3)C(=O)C1C2C. The van der Waals surface area contributed by atoms with Crippen molar-refractivity contribution in [3.05, 3.63) is 47.3 Å². The summed E-state index contributed by atoms with van der Waals surface area (Å²) in [6.07, 6.45) is 0.0946. The molecule has 3 heterocycles. The molecule has 3 atom stereocenters. The molecule has 4 rings (SSSR count). The van der Waals surface area contributed by atoms with E-state index in [4.69, 9.17) is 9.47 Å². The highest BCUT2D eigenvalue weighted by molar-refractivity contribution is 6.22. The van der Waals surface area contributed by atoms with E-state index in [9.17, 15) is 19.2 Å². The molecule has 1 aromatic heterocycles. The number of anilines is 1. The van der Waals surface area contributed by atoms with Gasteiger partial charge in [-0.2, -0.15) is 5.10 Å². The van der Waals surface area contributed by atoms with Gasteiger partial charge < -0.3 is 9.47 Å². The average molecular weight is 397 g/mol. The number of hydrogen-bond acceptors (Lipinski definition) is 7. The minimum atomic E-state index is -0.784. The minimum Gasteiger partial charge on any atom is -0.465 e. The summed E-state index contributed by atoms with van der Waals surface area (Å²) in [7, 11) is 2.38. The van der Waals surface area contributed by atoms with Gasteiger partial charge in [0.1, 0.15) is 5.56 Å². The molecule has 150 valence electrons. The molecule has 0 bridgehead atoms. The van der Waals surface area contributed by atoms with Gasteiger partial charge in [-0.1, -0.05) is 18.2 Å². The van der Waals surface area contributed by atoms with Gasteiger partial charge in [0.25, 0.3) is 0 Å². The summed E-state index contributed by atoms with van der Waals surface area (Å²) in [6, 6.07) is 8.18. The van der Waals surface area contributed by atoms with Crippen molar-refractivity contribution < 1.29 is 28.7 Å². The predicted molar refractivity (Wildman–Crippen MR) is 99.2 cm³/mol. The lowest BCUT2D eigenvalue weighted by molar-refractivity contribution is -0.122. The van der Waals surface area contributed by atoms with Gasteiger partial charge in [0.15, 0.2) is 5.69 Å². The Hall–Kier alpha value is -3.49. The zero-order chi connectivity index (χ0) is 20.9. The van der Waals surface area contributed by atoms with Crippen LogP contribution in [0.4, 0.5) is 5.69 Å². The Balaban J connectivity index is 1.81. The largest absolute Gasteiger partial charge is 0.465 e. The lowest BCUT2D eigenvalue weighted by Gasteiger charge is -2.29. The number of benzene rings is 1. The summed E-state index contributed by atoms with van der Waals surface area (Å²) in [5.41, 5.74) is 0.691. The molecule has 0 radical (unpaired) electrons. The van der Waals surface area contributed by atoms with Gasteiger partial charge in [-0.25, -0.2) is 14.5 Å². The van der Waals surface area contributed by atoms with E-state index >= 15 is 0 Å². The van der Waals surface area contributed by atoms with Crippen molar-refractivity contribution in [2.75, 3.05) is 19.1 Å². The van der Waals surface area contributed by atoms with E-state index in [0.717, 1.165) is 0 Å². The quantitative estimate of drug-likeness (QED) is 0.569. The number of imide groups is 1. The van der Waals surface area contributed by atoms with E-state index in [0.29, 0.717) is 11.4 Å². The standard InChI is InChI=1S/C20H19N3O6/c1-10-14-12(17(24)22(18(14)25)11-7-5-4-6-8-11)9-13-15(19(26)28-2)16(20(27)29-3)21-23(10)13/h4-8,10,12,14H,9H2,1-3H3. The summed E-state index contributed by atoms with van der Waals surface area (Å²) in [5.74, 6) is -3.48. The average Bonchev–Trinajstić information content (AvgIpc) is 3.24. The molecule has 29 heavy (non-hydrogen) atoms. The van der Waals surface area contributed by atoms with Crippen molar-refractivity contribution in [3.63, 3.8) is 0 Å². The Morgan fingerprint density at radius 1 is 1.03 bits per heavy atom. The third-order valence-corrected chi connectivity index (χ3v) is 5.59. The molecule has 0 saturated carbocycles. The lowest BCUT2D eigenvalue weighted by Crippen LogP contribution is -2.35. The first-order valence-corrected chi connectivity index (χ1v) is 9.11. The maximum absolute atomic E-state index is 13.1. The summed E-state index contributed by atoms with van der Waals surface area (Å²) in [5, 5.41) is 4.25. The fourth-order valence-electron chi connectivity index (χ4n) is 4.26. The van der Waals surface area contributed by atoms with Crippen LogP contribution in [0.25, 0.3) is 0 Å². The number of nitrogens with zero attached hydrogens (tertiary/aromatic N) is 3. The molecule has 2 aliphatic heterocycles. The van der Waals surface area contributed by atoms with Gasteiger partial charge in [-0.05, 0) is 19.1 Å². The molecule has 1 saturated heterocycles. The second-order valence-electron chi connectivity index (χ2n) is 7.02. The van der Waals surface area contributed by atoms with Crippen molar-refractivity contribution in [2.45, 2.75) is 19.4 Å². The molecule has 2 aromatic rings. The van der Waals surface area contributed by atoms with Crippen LogP contribution in [0, 0.1) is 11.8 Å². The first-order valence-electron chi connectivity index (χ1n) is 9.11. The van der Waals surface area contributed by atoms with Crippen LogP contribution >= 0.6 is 0 Å². The molecule has 3 unspecified atom stereocenters. The minimum absolute atomic E-state index is 0.0249. The van der Waals surface area contributed by atoms with Crippen molar-refractivity contribution in [3.8, 4) is 0 Å². The van der Waals surface area contributed by atoms with E-state index in [1.54, 1.807) is 37.3 Å². The maximum Gasteiger partial charge on any atom is 0.359 e. The van der Waals surface area contributed by atoms with Crippen LogP contribution in [-0.4, -0.2) is 47.8 Å². The molecule has 2 aliphatic rings. The van der Waals surface area contributed by atoms with E-state index in [1.165, 1.54) is 23.8 Å². The van der Waals surface area contributed by atoms with Crippen LogP contribution in [-0.2, 0) is 25.5 Å². The Bertz CT molecular complexity index is 1030. The molecular weight excluding hydrogens is 378 g/mol. The lowest BCUT2D eigenvalue weighted by atomic mass is 9.81. The van der Waals surface area contributed by atoms with Crippen LogP contribution in [0.2, 0.25) is 0 Å². The molecule has 1 fully saturated rings. The number of amides is 2. The first kappa shape index (κ1) is 18.9. The smallest absolute Gasteiger partial charge is 0.359 e. The third-order valence-electron chi connectivity index (χ3n) is 5.59. The maximum atomic E-state index is 13.1. The topological polar surface area (TPSA) is 108 Å². The van der Waals surface area contributed by atoms with Gasteiger partial charge in [0.2, 0.25) is 11.8 Å². The second kappa shape index (κ2) is 6.84. The first-order chi connectivity index (χ1) is 13.9. The normalized spacial score (nSPS) is 22.9. The fraction of sp³-hybridized carbons (Fsp3) is 0.350. The highest BCUT2D eigenvalue weighted by Crippen LogP contribution is 2.44.